The number of carbonyl (C=O) groups is 1. The molecule has 1 aliphatic rings. The lowest BCUT2D eigenvalue weighted by molar-refractivity contribution is -0.0150. The Balaban J connectivity index is 2.18. The number of likely N-dealkylation sites (N-methyl/N-ethyl adjacent to an activating group) is 1. The molecule has 0 aliphatic carbocycles. The van der Waals surface area contributed by atoms with Gasteiger partial charge in [-0.1, -0.05) is 13.0 Å². The van der Waals surface area contributed by atoms with Gasteiger partial charge in [-0.15, -0.1) is 0 Å². The maximum absolute atomic E-state index is 13.8. The maximum atomic E-state index is 13.8. The molecule has 1 fully saturated rings. The first-order valence-electron chi connectivity index (χ1n) is 5.95. The third-order valence-electron chi connectivity index (χ3n) is 3.11. The second-order valence-electron chi connectivity index (χ2n) is 4.22. The van der Waals surface area contributed by atoms with E-state index in [0.29, 0.717) is 17.6 Å². The standard InChI is InChI=1S/C13H15BrFNO2/c1-2-16-6-7-18-11(8-16)13(17)9-4-3-5-10(14)12(9)15/h3-5,11H,2,6-8H2,1H3. The Morgan fingerprint density at radius 2 is 2.39 bits per heavy atom. The molecule has 0 N–H and O–H groups in total. The minimum atomic E-state index is -0.567. The van der Waals surface area contributed by atoms with Crippen LogP contribution in [0.5, 0.6) is 0 Å². The van der Waals surface area contributed by atoms with Gasteiger partial charge in [0, 0.05) is 13.1 Å². The smallest absolute Gasteiger partial charge is 0.195 e. The van der Waals surface area contributed by atoms with E-state index < -0.39 is 11.9 Å². The van der Waals surface area contributed by atoms with Gasteiger partial charge >= 0.3 is 0 Å². The molecular formula is C13H15BrFNO2. The van der Waals surface area contributed by atoms with Crippen molar-refractivity contribution in [3.63, 3.8) is 0 Å². The first-order chi connectivity index (χ1) is 8.63. The number of carbonyl (C=O) groups excluding carboxylic acids is 1. The van der Waals surface area contributed by atoms with Gasteiger partial charge in [-0.2, -0.15) is 0 Å². The number of hydrogen-bond donors (Lipinski definition) is 0. The van der Waals surface area contributed by atoms with Gasteiger partial charge in [0.05, 0.1) is 16.6 Å². The molecule has 18 heavy (non-hydrogen) atoms. The molecule has 1 atom stereocenters. The average molecular weight is 316 g/mol. The molecule has 0 saturated carbocycles. The van der Waals surface area contributed by atoms with E-state index in [0.717, 1.165) is 13.1 Å². The number of benzene rings is 1. The minimum Gasteiger partial charge on any atom is -0.367 e. The number of nitrogens with zero attached hydrogens (tertiary/aromatic N) is 1. The predicted octanol–water partition coefficient (Wildman–Crippen LogP) is 2.49. The summed E-state index contributed by atoms with van der Waals surface area (Å²) in [5.74, 6) is -0.799. The summed E-state index contributed by atoms with van der Waals surface area (Å²) >= 11 is 3.09. The Labute approximate surface area is 114 Å². The molecule has 1 unspecified atom stereocenters. The number of rotatable bonds is 3. The predicted molar refractivity (Wildman–Crippen MR) is 70.3 cm³/mol. The highest BCUT2D eigenvalue weighted by Gasteiger charge is 2.28. The zero-order chi connectivity index (χ0) is 13.1. The lowest BCUT2D eigenvalue weighted by Crippen LogP contribution is -2.46. The van der Waals surface area contributed by atoms with Crippen LogP contribution in [-0.4, -0.2) is 43.0 Å². The first kappa shape index (κ1) is 13.6. The van der Waals surface area contributed by atoms with Crippen molar-refractivity contribution < 1.29 is 13.9 Å². The Bertz CT molecular complexity index is 453. The van der Waals surface area contributed by atoms with E-state index in [2.05, 4.69) is 20.8 Å². The van der Waals surface area contributed by atoms with Crippen molar-refractivity contribution in [2.75, 3.05) is 26.2 Å². The van der Waals surface area contributed by atoms with Crippen molar-refractivity contribution in [2.45, 2.75) is 13.0 Å². The van der Waals surface area contributed by atoms with Crippen LogP contribution < -0.4 is 0 Å². The van der Waals surface area contributed by atoms with Crippen molar-refractivity contribution in [3.05, 3.63) is 34.1 Å². The van der Waals surface area contributed by atoms with E-state index >= 15 is 0 Å². The summed E-state index contributed by atoms with van der Waals surface area (Å²) in [5.41, 5.74) is 0.0901. The number of morpholine rings is 1. The highest BCUT2D eigenvalue weighted by atomic mass is 79.9. The van der Waals surface area contributed by atoms with Gasteiger partial charge in [0.1, 0.15) is 11.9 Å². The molecular weight excluding hydrogens is 301 g/mol. The quantitative estimate of drug-likeness (QED) is 0.803. The molecule has 1 aromatic carbocycles. The van der Waals surface area contributed by atoms with Crippen LogP contribution in [0.1, 0.15) is 17.3 Å². The molecule has 2 rings (SSSR count). The molecule has 3 nitrogen and oxygen atoms in total. The second kappa shape index (κ2) is 5.91. The average Bonchev–Trinajstić information content (AvgIpc) is 2.41. The molecule has 98 valence electrons. The Hall–Kier alpha value is -0.780. The Kier molecular flexibility index (Phi) is 4.48. The molecule has 0 spiro atoms. The lowest BCUT2D eigenvalue weighted by atomic mass is 10.0. The van der Waals surface area contributed by atoms with Crippen LogP contribution in [0.2, 0.25) is 0 Å². The maximum Gasteiger partial charge on any atom is 0.195 e. The van der Waals surface area contributed by atoms with E-state index in [9.17, 15) is 9.18 Å². The Morgan fingerprint density at radius 1 is 1.61 bits per heavy atom. The number of ether oxygens (including phenoxy) is 1. The number of halogens is 2. The van der Waals surface area contributed by atoms with Crippen molar-refractivity contribution in [2.24, 2.45) is 0 Å². The topological polar surface area (TPSA) is 29.5 Å². The van der Waals surface area contributed by atoms with Crippen LogP contribution in [0.4, 0.5) is 4.39 Å². The van der Waals surface area contributed by atoms with Crippen molar-refractivity contribution in [1.29, 1.82) is 0 Å². The van der Waals surface area contributed by atoms with Gasteiger partial charge < -0.3 is 4.74 Å². The van der Waals surface area contributed by atoms with Gasteiger partial charge in [0.2, 0.25) is 0 Å². The first-order valence-corrected chi connectivity index (χ1v) is 6.75. The van der Waals surface area contributed by atoms with E-state index in [1.54, 1.807) is 12.1 Å². The largest absolute Gasteiger partial charge is 0.367 e. The molecule has 1 heterocycles. The highest BCUT2D eigenvalue weighted by molar-refractivity contribution is 9.10. The zero-order valence-corrected chi connectivity index (χ0v) is 11.7. The molecule has 1 aromatic rings. The summed E-state index contributed by atoms with van der Waals surface area (Å²) in [6.45, 7) is 4.77. The van der Waals surface area contributed by atoms with Crippen LogP contribution in [0.3, 0.4) is 0 Å². The fraction of sp³-hybridized carbons (Fsp3) is 0.462. The van der Waals surface area contributed by atoms with Crippen LogP contribution >= 0.6 is 15.9 Å². The van der Waals surface area contributed by atoms with Gasteiger partial charge in [-0.3, -0.25) is 9.69 Å². The van der Waals surface area contributed by atoms with Crippen molar-refractivity contribution in [1.82, 2.24) is 4.90 Å². The summed E-state index contributed by atoms with van der Waals surface area (Å²) in [6.07, 6.45) is -0.567. The fourth-order valence-electron chi connectivity index (χ4n) is 2.02. The molecule has 5 heteroatoms. The van der Waals surface area contributed by atoms with Gasteiger partial charge in [-0.05, 0) is 34.6 Å². The molecule has 0 aromatic heterocycles. The van der Waals surface area contributed by atoms with Crippen LogP contribution in [0, 0.1) is 5.82 Å². The van der Waals surface area contributed by atoms with E-state index in [1.165, 1.54) is 6.07 Å². The van der Waals surface area contributed by atoms with Gasteiger partial charge in [0.15, 0.2) is 5.78 Å². The fourth-order valence-corrected chi connectivity index (χ4v) is 2.38. The van der Waals surface area contributed by atoms with Crippen molar-refractivity contribution >= 4 is 21.7 Å². The normalized spacial score (nSPS) is 20.9. The van der Waals surface area contributed by atoms with E-state index in [1.807, 2.05) is 6.92 Å². The highest BCUT2D eigenvalue weighted by Crippen LogP contribution is 2.21. The molecule has 1 aliphatic heterocycles. The number of hydrogen-bond acceptors (Lipinski definition) is 3. The van der Waals surface area contributed by atoms with E-state index in [4.69, 9.17) is 4.74 Å². The second-order valence-corrected chi connectivity index (χ2v) is 5.07. The zero-order valence-electron chi connectivity index (χ0n) is 10.2. The summed E-state index contributed by atoms with van der Waals surface area (Å²) in [7, 11) is 0. The monoisotopic (exact) mass is 315 g/mol. The molecule has 1 saturated heterocycles. The lowest BCUT2D eigenvalue weighted by Gasteiger charge is -2.31. The number of ketones is 1. The summed E-state index contributed by atoms with van der Waals surface area (Å²) < 4.78 is 19.6. The number of Topliss-reactive ketones (excluding diaryl/α,β-unsaturated/α-hetero) is 1. The summed E-state index contributed by atoms with van der Waals surface area (Å²) in [6, 6.07) is 4.73. The summed E-state index contributed by atoms with van der Waals surface area (Å²) in [5, 5.41) is 0. The van der Waals surface area contributed by atoms with Crippen LogP contribution in [0.15, 0.2) is 22.7 Å². The van der Waals surface area contributed by atoms with E-state index in [-0.39, 0.29) is 11.3 Å². The third-order valence-corrected chi connectivity index (χ3v) is 3.72. The molecule has 0 radical (unpaired) electrons. The van der Waals surface area contributed by atoms with Crippen LogP contribution in [-0.2, 0) is 4.74 Å². The Morgan fingerprint density at radius 3 is 3.11 bits per heavy atom. The van der Waals surface area contributed by atoms with Crippen molar-refractivity contribution in [3.8, 4) is 0 Å². The third kappa shape index (κ3) is 2.79. The molecule has 0 amide bonds. The van der Waals surface area contributed by atoms with Gasteiger partial charge in [-0.25, -0.2) is 4.39 Å². The minimum absolute atomic E-state index is 0.0901. The van der Waals surface area contributed by atoms with Crippen LogP contribution in [0.25, 0.3) is 0 Å². The molecule has 0 bridgehead atoms. The van der Waals surface area contributed by atoms with Gasteiger partial charge in [0.25, 0.3) is 0 Å². The SMILES string of the molecule is CCN1CCOC(C(=O)c2cccc(Br)c2F)C1. The summed E-state index contributed by atoms with van der Waals surface area (Å²) in [4.78, 5) is 14.3.